The van der Waals surface area contributed by atoms with Crippen LogP contribution in [0.5, 0.6) is 5.75 Å². The molecule has 0 aliphatic heterocycles. The molecule has 0 fully saturated rings. The maximum Gasteiger partial charge on any atom is 0.308 e. The van der Waals surface area contributed by atoms with Crippen LogP contribution in [0.25, 0.3) is 10.9 Å². The number of fused-ring (bicyclic) bond motifs is 1. The second-order valence-corrected chi connectivity index (χ2v) is 7.35. The van der Waals surface area contributed by atoms with Gasteiger partial charge in [0.25, 0.3) is 5.56 Å². The number of esters is 1. The molecule has 6 nitrogen and oxygen atoms in total. The molecular weight excluding hydrogens is 422 g/mol. The van der Waals surface area contributed by atoms with E-state index in [2.05, 4.69) is 26.0 Å². The van der Waals surface area contributed by atoms with Crippen molar-refractivity contribution < 1.29 is 9.53 Å². The number of carbonyl (C=O) groups is 1. The van der Waals surface area contributed by atoms with E-state index in [1.807, 2.05) is 32.0 Å². The number of nitrogens with zero attached hydrogens (tertiary/aromatic N) is 3. The van der Waals surface area contributed by atoms with Crippen LogP contribution >= 0.6 is 15.9 Å². The Labute approximate surface area is 171 Å². The van der Waals surface area contributed by atoms with Crippen LogP contribution in [0, 0.1) is 0 Å². The van der Waals surface area contributed by atoms with Gasteiger partial charge in [-0.1, -0.05) is 41.9 Å². The average Bonchev–Trinajstić information content (AvgIpc) is 2.67. The second kappa shape index (κ2) is 8.48. The number of ether oxygens (including phenoxy) is 1. The molecule has 0 spiro atoms. The van der Waals surface area contributed by atoms with Crippen molar-refractivity contribution in [3.8, 4) is 5.75 Å². The lowest BCUT2D eigenvalue weighted by Gasteiger charge is -2.14. The summed E-state index contributed by atoms with van der Waals surface area (Å²) in [4.78, 5) is 29.1. The van der Waals surface area contributed by atoms with E-state index in [0.29, 0.717) is 28.0 Å². The molecule has 0 N–H and O–H groups in total. The number of aromatic nitrogens is 2. The van der Waals surface area contributed by atoms with E-state index in [-0.39, 0.29) is 11.5 Å². The summed E-state index contributed by atoms with van der Waals surface area (Å²) in [6.07, 6.45) is 2.32. The molecule has 3 aromatic rings. The Kier molecular flexibility index (Phi) is 6.04. The highest BCUT2D eigenvalue weighted by Crippen LogP contribution is 2.21. The van der Waals surface area contributed by atoms with Crippen LogP contribution in [0.15, 0.2) is 56.8 Å². The molecule has 2 aromatic carbocycles. The van der Waals surface area contributed by atoms with E-state index < -0.39 is 5.97 Å². The van der Waals surface area contributed by atoms with Gasteiger partial charge in [-0.3, -0.25) is 9.59 Å². The van der Waals surface area contributed by atoms with Crippen molar-refractivity contribution in [2.45, 2.75) is 33.1 Å². The number of hydrogen-bond donors (Lipinski definition) is 0. The predicted molar refractivity (Wildman–Crippen MR) is 113 cm³/mol. The summed E-state index contributed by atoms with van der Waals surface area (Å²) in [6, 6.07) is 12.4. The lowest BCUT2D eigenvalue weighted by atomic mass is 10.1. The van der Waals surface area contributed by atoms with E-state index in [1.165, 1.54) is 17.8 Å². The van der Waals surface area contributed by atoms with Gasteiger partial charge in [-0.05, 0) is 36.8 Å². The Balaban J connectivity index is 2.17. The van der Waals surface area contributed by atoms with Crippen LogP contribution in [0.3, 0.4) is 0 Å². The highest BCUT2D eigenvalue weighted by molar-refractivity contribution is 9.10. The van der Waals surface area contributed by atoms with Gasteiger partial charge < -0.3 is 4.74 Å². The summed E-state index contributed by atoms with van der Waals surface area (Å²) < 4.78 is 7.33. The number of carbonyl (C=O) groups excluding carboxylic acids is 1. The molecule has 1 aromatic heterocycles. The van der Waals surface area contributed by atoms with Crippen molar-refractivity contribution in [1.82, 2.24) is 9.66 Å². The Morgan fingerprint density at radius 3 is 2.79 bits per heavy atom. The van der Waals surface area contributed by atoms with Gasteiger partial charge in [0.05, 0.1) is 17.1 Å². The van der Waals surface area contributed by atoms with E-state index in [9.17, 15) is 9.59 Å². The SMILES string of the molecule is CC[C@@H](C)c1nc2ccc(Br)cc2c(=O)n1N=Cc1ccccc1OC(C)=O. The molecule has 0 saturated heterocycles. The number of rotatable bonds is 5. The van der Waals surface area contributed by atoms with Crippen molar-refractivity contribution in [2.24, 2.45) is 5.10 Å². The number of benzene rings is 2. The van der Waals surface area contributed by atoms with Gasteiger partial charge in [-0.2, -0.15) is 9.78 Å². The molecule has 0 unspecified atom stereocenters. The van der Waals surface area contributed by atoms with Gasteiger partial charge >= 0.3 is 5.97 Å². The summed E-state index contributed by atoms with van der Waals surface area (Å²) >= 11 is 3.40. The Bertz CT molecular complexity index is 1120. The van der Waals surface area contributed by atoms with Crippen LogP contribution in [-0.2, 0) is 4.79 Å². The lowest BCUT2D eigenvalue weighted by molar-refractivity contribution is -0.131. The normalized spacial score (nSPS) is 12.4. The number of para-hydroxylation sites is 1. The minimum absolute atomic E-state index is 0.0432. The predicted octanol–water partition coefficient (Wildman–Crippen LogP) is 4.48. The quantitative estimate of drug-likeness (QED) is 0.332. The highest BCUT2D eigenvalue weighted by Gasteiger charge is 2.15. The zero-order valence-corrected chi connectivity index (χ0v) is 17.4. The summed E-state index contributed by atoms with van der Waals surface area (Å²) in [5.41, 5.74) is 0.979. The van der Waals surface area contributed by atoms with Crippen molar-refractivity contribution >= 4 is 39.0 Å². The number of halogens is 1. The molecule has 7 heteroatoms. The fourth-order valence-electron chi connectivity index (χ4n) is 2.73. The van der Waals surface area contributed by atoms with Crippen LogP contribution in [0.1, 0.15) is 44.5 Å². The van der Waals surface area contributed by atoms with E-state index in [0.717, 1.165) is 10.9 Å². The zero-order chi connectivity index (χ0) is 20.3. The van der Waals surface area contributed by atoms with Gasteiger partial charge in [0.15, 0.2) is 0 Å². The largest absolute Gasteiger partial charge is 0.426 e. The Hall–Kier alpha value is -2.80. The standard InChI is InChI=1S/C21H20BrN3O3/c1-4-13(2)20-24-18-10-9-16(22)11-17(18)21(27)25(20)23-12-15-7-5-6-8-19(15)28-14(3)26/h5-13H,4H2,1-3H3/t13-/m1/s1. The molecular formula is C21H20BrN3O3. The monoisotopic (exact) mass is 441 g/mol. The van der Waals surface area contributed by atoms with E-state index >= 15 is 0 Å². The maximum atomic E-state index is 13.1. The van der Waals surface area contributed by atoms with Crippen LogP contribution in [0.4, 0.5) is 0 Å². The van der Waals surface area contributed by atoms with Gasteiger partial charge in [0.2, 0.25) is 0 Å². The number of hydrogen-bond acceptors (Lipinski definition) is 5. The first kappa shape index (κ1) is 19.9. The van der Waals surface area contributed by atoms with E-state index in [4.69, 9.17) is 4.74 Å². The summed E-state index contributed by atoms with van der Waals surface area (Å²) in [5, 5.41) is 4.88. The fraction of sp³-hybridized carbons (Fsp3) is 0.238. The summed E-state index contributed by atoms with van der Waals surface area (Å²) in [5.74, 6) is 0.592. The molecule has 0 aliphatic rings. The first-order chi connectivity index (χ1) is 13.4. The molecule has 0 aliphatic carbocycles. The minimum Gasteiger partial charge on any atom is -0.426 e. The third kappa shape index (κ3) is 4.20. The molecule has 0 saturated carbocycles. The molecule has 1 atom stereocenters. The maximum absolute atomic E-state index is 13.1. The van der Waals surface area contributed by atoms with Gasteiger partial charge in [-0.25, -0.2) is 4.98 Å². The zero-order valence-electron chi connectivity index (χ0n) is 15.8. The average molecular weight is 442 g/mol. The van der Waals surface area contributed by atoms with Crippen LogP contribution < -0.4 is 10.3 Å². The lowest BCUT2D eigenvalue weighted by Crippen LogP contribution is -2.23. The second-order valence-electron chi connectivity index (χ2n) is 6.43. The van der Waals surface area contributed by atoms with Crippen molar-refractivity contribution in [3.63, 3.8) is 0 Å². The molecule has 28 heavy (non-hydrogen) atoms. The van der Waals surface area contributed by atoms with E-state index in [1.54, 1.807) is 24.3 Å². The highest BCUT2D eigenvalue weighted by atomic mass is 79.9. The third-order valence-electron chi connectivity index (χ3n) is 4.37. The van der Waals surface area contributed by atoms with Gasteiger partial charge in [0, 0.05) is 22.9 Å². The molecule has 0 amide bonds. The summed E-state index contributed by atoms with van der Waals surface area (Å²) in [7, 11) is 0. The molecule has 0 bridgehead atoms. The van der Waals surface area contributed by atoms with Gasteiger partial charge in [0.1, 0.15) is 11.6 Å². The fourth-order valence-corrected chi connectivity index (χ4v) is 3.10. The minimum atomic E-state index is -0.421. The van der Waals surface area contributed by atoms with Crippen LogP contribution in [-0.4, -0.2) is 21.8 Å². The van der Waals surface area contributed by atoms with Crippen molar-refractivity contribution in [2.75, 3.05) is 0 Å². The topological polar surface area (TPSA) is 73.6 Å². The molecule has 0 radical (unpaired) electrons. The Morgan fingerprint density at radius 1 is 1.32 bits per heavy atom. The van der Waals surface area contributed by atoms with Crippen LogP contribution in [0.2, 0.25) is 0 Å². The molecule has 3 rings (SSSR count). The Morgan fingerprint density at radius 2 is 2.07 bits per heavy atom. The third-order valence-corrected chi connectivity index (χ3v) is 4.86. The molecule has 1 heterocycles. The molecule has 144 valence electrons. The van der Waals surface area contributed by atoms with Crippen molar-refractivity contribution in [3.05, 3.63) is 68.7 Å². The summed E-state index contributed by atoms with van der Waals surface area (Å²) in [6.45, 7) is 5.38. The smallest absolute Gasteiger partial charge is 0.308 e. The van der Waals surface area contributed by atoms with Crippen molar-refractivity contribution in [1.29, 1.82) is 0 Å². The first-order valence-corrected chi connectivity index (χ1v) is 9.74. The first-order valence-electron chi connectivity index (χ1n) is 8.94. The van der Waals surface area contributed by atoms with Gasteiger partial charge in [-0.15, -0.1) is 0 Å².